The number of anilines is 1. The maximum Gasteiger partial charge on any atom is 0.238 e. The molecule has 0 bridgehead atoms. The van der Waals surface area contributed by atoms with Crippen molar-refractivity contribution in [2.75, 3.05) is 12.4 Å². The zero-order valence-electron chi connectivity index (χ0n) is 18.2. The van der Waals surface area contributed by atoms with Crippen LogP contribution >= 0.6 is 23.4 Å². The number of methoxy groups -OCH3 is 1. The van der Waals surface area contributed by atoms with Crippen LogP contribution in [0.15, 0.2) is 77.8 Å². The molecule has 3 aromatic rings. The van der Waals surface area contributed by atoms with Crippen molar-refractivity contribution in [3.05, 3.63) is 89.2 Å². The number of nitrogens with one attached hydrogen (secondary N) is 1. The number of hydrogen-bond donors (Lipinski definition) is 1. The van der Waals surface area contributed by atoms with E-state index < -0.39 is 5.25 Å². The standard InChI is InChI=1S/C25H21ClFN3O3S/c1-33-21-12-10-19(11-13-21)28-24(32)22-14-23(31)30(15-16-2-4-17(26)5-3-16)25(34-22)29-20-8-6-18(27)7-9-20/h2-13,22H,14-15H2,1H3,(H,28,32). The lowest BCUT2D eigenvalue weighted by Crippen LogP contribution is -2.44. The van der Waals surface area contributed by atoms with E-state index in [0.29, 0.717) is 27.3 Å². The van der Waals surface area contributed by atoms with Crippen molar-refractivity contribution in [2.24, 2.45) is 4.99 Å². The van der Waals surface area contributed by atoms with Gasteiger partial charge in [0.05, 0.1) is 19.3 Å². The molecule has 9 heteroatoms. The van der Waals surface area contributed by atoms with Crippen LogP contribution in [0, 0.1) is 5.82 Å². The number of rotatable bonds is 6. The Morgan fingerprint density at radius 2 is 1.79 bits per heavy atom. The van der Waals surface area contributed by atoms with Gasteiger partial charge in [-0.05, 0) is 66.2 Å². The largest absolute Gasteiger partial charge is 0.497 e. The highest BCUT2D eigenvalue weighted by atomic mass is 35.5. The highest BCUT2D eigenvalue weighted by Crippen LogP contribution is 2.31. The molecule has 1 aliphatic heterocycles. The molecule has 34 heavy (non-hydrogen) atoms. The number of halogens is 2. The minimum absolute atomic E-state index is 0.0165. The molecule has 3 aromatic carbocycles. The van der Waals surface area contributed by atoms with Gasteiger partial charge in [0.25, 0.3) is 0 Å². The van der Waals surface area contributed by atoms with Gasteiger partial charge in [-0.1, -0.05) is 35.5 Å². The van der Waals surface area contributed by atoms with E-state index in [1.54, 1.807) is 43.5 Å². The Bertz CT molecular complexity index is 1200. The van der Waals surface area contributed by atoms with Gasteiger partial charge in [0.15, 0.2) is 5.17 Å². The molecule has 1 fully saturated rings. The van der Waals surface area contributed by atoms with Crippen LogP contribution in [0.1, 0.15) is 12.0 Å². The average Bonchev–Trinajstić information content (AvgIpc) is 2.84. The molecule has 1 aliphatic rings. The van der Waals surface area contributed by atoms with Crippen LogP contribution in [0.3, 0.4) is 0 Å². The van der Waals surface area contributed by atoms with E-state index in [4.69, 9.17) is 16.3 Å². The lowest BCUT2D eigenvalue weighted by atomic mass is 10.2. The number of hydrogen-bond acceptors (Lipinski definition) is 5. The first-order valence-electron chi connectivity index (χ1n) is 10.4. The first-order valence-corrected chi connectivity index (χ1v) is 11.7. The zero-order chi connectivity index (χ0) is 24.1. The van der Waals surface area contributed by atoms with Gasteiger partial charge in [-0.3, -0.25) is 14.5 Å². The molecular formula is C25H21ClFN3O3S. The Labute approximate surface area is 205 Å². The lowest BCUT2D eigenvalue weighted by Gasteiger charge is -2.32. The average molecular weight is 498 g/mol. The molecule has 2 amide bonds. The molecule has 0 aromatic heterocycles. The van der Waals surface area contributed by atoms with E-state index in [1.165, 1.54) is 40.9 Å². The summed E-state index contributed by atoms with van der Waals surface area (Å²) in [5.41, 5.74) is 1.94. The summed E-state index contributed by atoms with van der Waals surface area (Å²) in [6.45, 7) is 0.274. The monoisotopic (exact) mass is 497 g/mol. The molecular weight excluding hydrogens is 477 g/mol. The van der Waals surface area contributed by atoms with Gasteiger partial charge in [-0.15, -0.1) is 0 Å². The molecule has 0 spiro atoms. The smallest absolute Gasteiger partial charge is 0.238 e. The molecule has 174 valence electrons. The third kappa shape index (κ3) is 5.95. The van der Waals surface area contributed by atoms with Gasteiger partial charge < -0.3 is 10.1 Å². The van der Waals surface area contributed by atoms with Gasteiger partial charge in [0.2, 0.25) is 11.8 Å². The molecule has 0 radical (unpaired) electrons. The molecule has 4 rings (SSSR count). The second-order valence-electron chi connectivity index (χ2n) is 7.51. The summed E-state index contributed by atoms with van der Waals surface area (Å²) in [5, 5.41) is 3.13. The van der Waals surface area contributed by atoms with Crippen molar-refractivity contribution < 1.29 is 18.7 Å². The van der Waals surface area contributed by atoms with E-state index in [2.05, 4.69) is 10.3 Å². The normalized spacial score (nSPS) is 17.0. The van der Waals surface area contributed by atoms with Crippen LogP contribution in [0.5, 0.6) is 5.75 Å². The first kappa shape index (κ1) is 23.8. The molecule has 0 aliphatic carbocycles. The molecule has 1 saturated heterocycles. The summed E-state index contributed by atoms with van der Waals surface area (Å²) in [4.78, 5) is 32.2. The van der Waals surface area contributed by atoms with Gasteiger partial charge >= 0.3 is 0 Å². The molecule has 1 atom stereocenters. The number of carbonyl (C=O) groups excluding carboxylic acids is 2. The molecule has 1 unspecified atom stereocenters. The predicted octanol–water partition coefficient (Wildman–Crippen LogP) is 5.65. The van der Waals surface area contributed by atoms with Gasteiger partial charge in [0.1, 0.15) is 16.8 Å². The predicted molar refractivity (Wildman–Crippen MR) is 133 cm³/mol. The zero-order valence-corrected chi connectivity index (χ0v) is 19.8. The maximum absolute atomic E-state index is 13.4. The quantitative estimate of drug-likeness (QED) is 0.478. The minimum atomic E-state index is -0.671. The SMILES string of the molecule is COc1ccc(NC(=O)C2CC(=O)N(Cc3ccc(Cl)cc3)C(=Nc3ccc(F)cc3)S2)cc1. The van der Waals surface area contributed by atoms with Gasteiger partial charge in [0, 0.05) is 17.1 Å². The van der Waals surface area contributed by atoms with Gasteiger partial charge in [-0.25, -0.2) is 9.38 Å². The fourth-order valence-corrected chi connectivity index (χ4v) is 4.52. The summed E-state index contributed by atoms with van der Waals surface area (Å²) < 4.78 is 18.5. The maximum atomic E-state index is 13.4. The van der Waals surface area contributed by atoms with Gasteiger partial charge in [-0.2, -0.15) is 0 Å². The molecule has 6 nitrogen and oxygen atoms in total. The van der Waals surface area contributed by atoms with Crippen molar-refractivity contribution in [3.63, 3.8) is 0 Å². The van der Waals surface area contributed by atoms with E-state index in [-0.39, 0.29) is 30.6 Å². The van der Waals surface area contributed by atoms with E-state index in [9.17, 15) is 14.0 Å². The van der Waals surface area contributed by atoms with Crippen LogP contribution in [-0.4, -0.2) is 34.2 Å². The third-order valence-electron chi connectivity index (χ3n) is 5.09. The number of nitrogens with zero attached hydrogens (tertiary/aromatic N) is 2. The number of ether oxygens (including phenoxy) is 1. The van der Waals surface area contributed by atoms with E-state index in [0.717, 1.165) is 5.56 Å². The Morgan fingerprint density at radius 1 is 1.12 bits per heavy atom. The molecule has 0 saturated carbocycles. The minimum Gasteiger partial charge on any atom is -0.497 e. The number of amides is 2. The Balaban J connectivity index is 1.57. The number of aliphatic imine (C=N–C) groups is 1. The Hall–Kier alpha value is -3.36. The molecule has 1 N–H and O–H groups in total. The highest BCUT2D eigenvalue weighted by molar-refractivity contribution is 8.15. The van der Waals surface area contributed by atoms with Crippen LogP contribution in [-0.2, 0) is 16.1 Å². The molecule has 1 heterocycles. The second-order valence-corrected chi connectivity index (χ2v) is 9.11. The summed E-state index contributed by atoms with van der Waals surface area (Å²) in [6.07, 6.45) is 0.0165. The summed E-state index contributed by atoms with van der Waals surface area (Å²) >= 11 is 7.18. The second kappa shape index (κ2) is 10.7. The first-order chi connectivity index (χ1) is 16.4. The Morgan fingerprint density at radius 3 is 2.44 bits per heavy atom. The van der Waals surface area contributed by atoms with E-state index in [1.807, 2.05) is 12.1 Å². The van der Waals surface area contributed by atoms with Crippen molar-refractivity contribution in [1.82, 2.24) is 4.90 Å². The van der Waals surface area contributed by atoms with E-state index >= 15 is 0 Å². The van der Waals surface area contributed by atoms with Crippen LogP contribution < -0.4 is 10.1 Å². The highest BCUT2D eigenvalue weighted by Gasteiger charge is 2.36. The number of carbonyl (C=O) groups is 2. The van der Waals surface area contributed by atoms with Crippen LogP contribution in [0.25, 0.3) is 0 Å². The van der Waals surface area contributed by atoms with Crippen molar-refractivity contribution in [3.8, 4) is 5.75 Å². The number of amidine groups is 1. The van der Waals surface area contributed by atoms with Crippen LogP contribution in [0.4, 0.5) is 15.8 Å². The Kier molecular flexibility index (Phi) is 7.49. The van der Waals surface area contributed by atoms with Crippen molar-refractivity contribution in [1.29, 1.82) is 0 Å². The summed E-state index contributed by atoms with van der Waals surface area (Å²) in [5.74, 6) is -0.247. The summed E-state index contributed by atoms with van der Waals surface area (Å²) in [6, 6.07) is 19.7. The number of benzene rings is 3. The lowest BCUT2D eigenvalue weighted by molar-refractivity contribution is -0.129. The summed E-state index contributed by atoms with van der Waals surface area (Å²) in [7, 11) is 1.57. The number of thioether (sulfide) groups is 1. The van der Waals surface area contributed by atoms with Crippen molar-refractivity contribution in [2.45, 2.75) is 18.2 Å². The van der Waals surface area contributed by atoms with Crippen LogP contribution in [0.2, 0.25) is 5.02 Å². The fourth-order valence-electron chi connectivity index (χ4n) is 3.29. The third-order valence-corrected chi connectivity index (χ3v) is 6.53. The van der Waals surface area contributed by atoms with Crippen molar-refractivity contribution >= 4 is 51.7 Å². The topological polar surface area (TPSA) is 71.0 Å². The fraction of sp³-hybridized carbons (Fsp3) is 0.160.